The Morgan fingerprint density at radius 3 is 0.850 bits per heavy atom. The molecule has 0 amide bonds. The standard InChI is InChI=1S/C74H128O6/c1-4-7-10-13-16-19-22-25-27-29-30-31-32-33-34-35-36-37-38-39-40-41-42-43-44-45-47-49-52-55-58-61-64-67-73(76)79-70-71(69-78-72(75)66-63-60-57-54-51-48-24-21-18-15-12-9-6-3)80-74(77)68-65-62-59-56-53-50-46-28-26-23-20-17-14-11-8-5-2/h9,12,18,20-23,25,28-30,46,48,51,57,60,71H,4-8,10-11,13-17,19,24,26-27,31-45,47,49-50,52-56,58-59,61-70H2,1-3H3/b12-9-,21-18-,23-20-,25-22-,30-29-,46-28-,51-48-,60-57-. The molecule has 0 fully saturated rings. The summed E-state index contributed by atoms with van der Waals surface area (Å²) in [6.45, 7) is 6.45. The molecule has 0 saturated carbocycles. The molecule has 0 heterocycles. The molecule has 0 aliphatic carbocycles. The van der Waals surface area contributed by atoms with Gasteiger partial charge in [0.15, 0.2) is 6.10 Å². The minimum absolute atomic E-state index is 0.103. The van der Waals surface area contributed by atoms with Gasteiger partial charge >= 0.3 is 17.9 Å². The highest BCUT2D eigenvalue weighted by Gasteiger charge is 2.19. The monoisotopic (exact) mass is 1110 g/mol. The predicted octanol–water partition coefficient (Wildman–Crippen LogP) is 23.6. The SMILES string of the molecule is CC/C=C\C/C=C\C/C=C\C/C=C\CCC(=O)OCC(COC(=O)CCCCCCCCCCCCCCCCCCCCCCC/C=C\C/C=C\CCCCCCC)OC(=O)CCCCCCC/C=C\C/C=C\CCCCCC. The molecule has 0 aliphatic rings. The van der Waals surface area contributed by atoms with Crippen molar-refractivity contribution in [3.05, 3.63) is 97.2 Å². The molecule has 0 aliphatic heterocycles. The van der Waals surface area contributed by atoms with Crippen LogP contribution in [0.15, 0.2) is 97.2 Å². The lowest BCUT2D eigenvalue weighted by atomic mass is 10.0. The molecule has 1 atom stereocenters. The van der Waals surface area contributed by atoms with Crippen LogP contribution in [0.5, 0.6) is 0 Å². The lowest BCUT2D eigenvalue weighted by molar-refractivity contribution is -0.166. The predicted molar refractivity (Wildman–Crippen MR) is 348 cm³/mol. The highest BCUT2D eigenvalue weighted by molar-refractivity contribution is 5.71. The molecule has 0 aromatic heterocycles. The van der Waals surface area contributed by atoms with Crippen LogP contribution in [-0.2, 0) is 28.6 Å². The Morgan fingerprint density at radius 1 is 0.263 bits per heavy atom. The number of carbonyl (C=O) groups excluding carboxylic acids is 3. The average molecular weight is 1110 g/mol. The van der Waals surface area contributed by atoms with Crippen LogP contribution in [0.1, 0.15) is 335 Å². The van der Waals surface area contributed by atoms with Crippen molar-refractivity contribution in [3.63, 3.8) is 0 Å². The Bertz CT molecular complexity index is 1560. The largest absolute Gasteiger partial charge is 0.462 e. The number of ether oxygens (including phenoxy) is 3. The molecule has 460 valence electrons. The normalized spacial score (nSPS) is 12.7. The maximum atomic E-state index is 12.9. The Kier molecular flexibility index (Phi) is 64.7. The lowest BCUT2D eigenvalue weighted by Gasteiger charge is -2.18. The summed E-state index contributed by atoms with van der Waals surface area (Å²) in [6, 6.07) is 0. The fourth-order valence-electron chi connectivity index (χ4n) is 9.70. The molecular weight excluding hydrogens is 985 g/mol. The third-order valence-corrected chi connectivity index (χ3v) is 14.8. The third-order valence-electron chi connectivity index (χ3n) is 14.8. The van der Waals surface area contributed by atoms with Gasteiger partial charge in [-0.1, -0.05) is 304 Å². The average Bonchev–Trinajstić information content (AvgIpc) is 3.46. The first-order valence-corrected chi connectivity index (χ1v) is 34.2. The first kappa shape index (κ1) is 76.3. The minimum Gasteiger partial charge on any atom is -0.462 e. The molecule has 0 N–H and O–H groups in total. The van der Waals surface area contributed by atoms with Crippen molar-refractivity contribution < 1.29 is 28.6 Å². The van der Waals surface area contributed by atoms with Gasteiger partial charge < -0.3 is 14.2 Å². The first-order valence-electron chi connectivity index (χ1n) is 34.2. The van der Waals surface area contributed by atoms with Gasteiger partial charge in [-0.2, -0.15) is 0 Å². The van der Waals surface area contributed by atoms with Gasteiger partial charge in [0.25, 0.3) is 0 Å². The fraction of sp³-hybridized carbons (Fsp3) is 0.743. The van der Waals surface area contributed by atoms with Gasteiger partial charge in [0, 0.05) is 19.3 Å². The van der Waals surface area contributed by atoms with Crippen molar-refractivity contribution in [3.8, 4) is 0 Å². The first-order chi connectivity index (χ1) is 39.5. The molecule has 0 aromatic carbocycles. The number of carbonyl (C=O) groups is 3. The van der Waals surface area contributed by atoms with Gasteiger partial charge in [0.2, 0.25) is 0 Å². The zero-order valence-corrected chi connectivity index (χ0v) is 52.8. The Morgan fingerprint density at radius 2 is 0.512 bits per heavy atom. The molecular formula is C74H128O6. The van der Waals surface area contributed by atoms with E-state index in [4.69, 9.17) is 14.2 Å². The quantitative estimate of drug-likeness (QED) is 0.0261. The van der Waals surface area contributed by atoms with Gasteiger partial charge in [-0.3, -0.25) is 14.4 Å². The second-order valence-corrected chi connectivity index (χ2v) is 22.7. The highest BCUT2D eigenvalue weighted by Crippen LogP contribution is 2.17. The molecule has 0 bridgehead atoms. The van der Waals surface area contributed by atoms with Crippen LogP contribution in [0.4, 0.5) is 0 Å². The summed E-state index contributed by atoms with van der Waals surface area (Å²) >= 11 is 0. The molecule has 1 unspecified atom stereocenters. The van der Waals surface area contributed by atoms with Crippen molar-refractivity contribution in [2.45, 2.75) is 341 Å². The van der Waals surface area contributed by atoms with Gasteiger partial charge in [-0.15, -0.1) is 0 Å². The summed E-state index contributed by atoms with van der Waals surface area (Å²) in [7, 11) is 0. The lowest BCUT2D eigenvalue weighted by Crippen LogP contribution is -2.30. The van der Waals surface area contributed by atoms with Gasteiger partial charge in [0.05, 0.1) is 0 Å². The van der Waals surface area contributed by atoms with Crippen LogP contribution in [0.25, 0.3) is 0 Å². The zero-order valence-electron chi connectivity index (χ0n) is 52.8. The van der Waals surface area contributed by atoms with E-state index >= 15 is 0 Å². The number of unbranched alkanes of at least 4 members (excludes halogenated alkanes) is 35. The van der Waals surface area contributed by atoms with E-state index in [1.54, 1.807) is 0 Å². The summed E-state index contributed by atoms with van der Waals surface area (Å²) in [5, 5.41) is 0. The van der Waals surface area contributed by atoms with Crippen LogP contribution in [0.3, 0.4) is 0 Å². The molecule has 6 heteroatoms. The summed E-state index contributed by atoms with van der Waals surface area (Å²) in [5.74, 6) is -0.991. The molecule has 0 spiro atoms. The molecule has 80 heavy (non-hydrogen) atoms. The van der Waals surface area contributed by atoms with Crippen molar-refractivity contribution in [1.29, 1.82) is 0 Å². The van der Waals surface area contributed by atoms with Gasteiger partial charge in [-0.25, -0.2) is 0 Å². The number of allylic oxidation sites excluding steroid dienone is 16. The van der Waals surface area contributed by atoms with Crippen molar-refractivity contribution in [2.75, 3.05) is 13.2 Å². The second-order valence-electron chi connectivity index (χ2n) is 22.7. The zero-order chi connectivity index (χ0) is 57.8. The summed E-state index contributed by atoms with van der Waals surface area (Å²) in [6.07, 6.45) is 91.8. The van der Waals surface area contributed by atoms with E-state index in [9.17, 15) is 14.4 Å². The van der Waals surface area contributed by atoms with Crippen molar-refractivity contribution in [1.82, 2.24) is 0 Å². The summed E-state index contributed by atoms with van der Waals surface area (Å²) < 4.78 is 16.8. The number of esters is 3. The Labute approximate surface area is 496 Å². The molecule has 0 rings (SSSR count). The molecule has 0 radical (unpaired) electrons. The molecule has 6 nitrogen and oxygen atoms in total. The molecule has 0 saturated heterocycles. The topological polar surface area (TPSA) is 78.9 Å². The maximum Gasteiger partial charge on any atom is 0.306 e. The maximum absolute atomic E-state index is 12.9. The smallest absolute Gasteiger partial charge is 0.306 e. The Hall–Kier alpha value is -3.67. The van der Waals surface area contributed by atoms with E-state index in [1.807, 2.05) is 6.08 Å². The van der Waals surface area contributed by atoms with Crippen LogP contribution in [0, 0.1) is 0 Å². The Balaban J connectivity index is 4.18. The highest BCUT2D eigenvalue weighted by atomic mass is 16.6. The van der Waals surface area contributed by atoms with E-state index in [2.05, 4.69) is 112 Å². The van der Waals surface area contributed by atoms with E-state index in [0.29, 0.717) is 19.3 Å². The van der Waals surface area contributed by atoms with Crippen LogP contribution < -0.4 is 0 Å². The second kappa shape index (κ2) is 67.8. The van der Waals surface area contributed by atoms with Crippen LogP contribution in [-0.4, -0.2) is 37.2 Å². The number of hydrogen-bond donors (Lipinski definition) is 0. The fourth-order valence-corrected chi connectivity index (χ4v) is 9.70. The van der Waals surface area contributed by atoms with Crippen molar-refractivity contribution >= 4 is 17.9 Å². The summed E-state index contributed by atoms with van der Waals surface area (Å²) in [4.78, 5) is 38.2. The van der Waals surface area contributed by atoms with Crippen molar-refractivity contribution in [2.24, 2.45) is 0 Å². The number of hydrogen-bond acceptors (Lipinski definition) is 6. The third kappa shape index (κ3) is 65.1. The molecule has 0 aromatic rings. The van der Waals surface area contributed by atoms with Crippen LogP contribution in [0.2, 0.25) is 0 Å². The number of rotatable bonds is 62. The summed E-state index contributed by atoms with van der Waals surface area (Å²) in [5.41, 5.74) is 0. The van der Waals surface area contributed by atoms with Gasteiger partial charge in [0.1, 0.15) is 13.2 Å². The van der Waals surface area contributed by atoms with Crippen LogP contribution >= 0.6 is 0 Å². The van der Waals surface area contributed by atoms with E-state index in [1.165, 1.54) is 193 Å². The van der Waals surface area contributed by atoms with Gasteiger partial charge in [-0.05, 0) is 109 Å². The van der Waals surface area contributed by atoms with E-state index in [0.717, 1.165) is 96.3 Å². The van der Waals surface area contributed by atoms with E-state index in [-0.39, 0.29) is 37.5 Å². The van der Waals surface area contributed by atoms with E-state index < -0.39 is 6.10 Å². The minimum atomic E-state index is -0.814.